The fourth-order valence-corrected chi connectivity index (χ4v) is 1.36. The average Bonchev–Trinajstić information content (AvgIpc) is 2.19. The van der Waals surface area contributed by atoms with Gasteiger partial charge in [0.2, 0.25) is 0 Å². The first-order chi connectivity index (χ1) is 6.56. The number of hydrogen-bond donors (Lipinski definition) is 0. The van der Waals surface area contributed by atoms with Gasteiger partial charge >= 0.3 is 0 Å². The van der Waals surface area contributed by atoms with Crippen LogP contribution in [-0.4, -0.2) is 9.55 Å². The Bertz CT molecular complexity index is 425. The van der Waals surface area contributed by atoms with Crippen molar-refractivity contribution < 1.29 is 0 Å². The number of aromatic nitrogens is 2. The van der Waals surface area contributed by atoms with Gasteiger partial charge in [0.25, 0.3) is 5.56 Å². The molecule has 3 nitrogen and oxygen atoms in total. The van der Waals surface area contributed by atoms with Crippen LogP contribution in [0.1, 0.15) is 12.6 Å². The first-order valence-corrected chi connectivity index (χ1v) is 5.26. The van der Waals surface area contributed by atoms with Crippen LogP contribution in [0.25, 0.3) is 0 Å². The topological polar surface area (TPSA) is 34.9 Å². The van der Waals surface area contributed by atoms with Gasteiger partial charge in [-0.25, -0.2) is 4.98 Å². The molecule has 5 heteroatoms. The molecule has 1 aromatic heterocycles. The van der Waals surface area contributed by atoms with Crippen LogP contribution in [0.3, 0.4) is 0 Å². The van der Waals surface area contributed by atoms with Crippen molar-refractivity contribution in [2.24, 2.45) is 0 Å². The highest BCUT2D eigenvalue weighted by atomic mass is 79.9. The zero-order valence-corrected chi connectivity index (χ0v) is 10.3. The minimum absolute atomic E-state index is 0.0876. The van der Waals surface area contributed by atoms with Crippen molar-refractivity contribution >= 4 is 27.5 Å². The van der Waals surface area contributed by atoms with Gasteiger partial charge in [-0.15, -0.1) is 0 Å². The molecule has 1 heterocycles. The third-order valence-electron chi connectivity index (χ3n) is 1.76. The van der Waals surface area contributed by atoms with E-state index in [-0.39, 0.29) is 5.56 Å². The number of rotatable bonds is 2. The smallest absolute Gasteiger partial charge is 0.268 e. The molecule has 0 saturated heterocycles. The Kier molecular flexibility index (Phi) is 3.89. The van der Waals surface area contributed by atoms with Crippen LogP contribution in [0.4, 0.5) is 0 Å². The molecule has 0 fully saturated rings. The van der Waals surface area contributed by atoms with E-state index < -0.39 is 0 Å². The van der Waals surface area contributed by atoms with Gasteiger partial charge in [0.1, 0.15) is 4.47 Å². The maximum Gasteiger partial charge on any atom is 0.268 e. The van der Waals surface area contributed by atoms with Gasteiger partial charge in [0.15, 0.2) is 0 Å². The zero-order chi connectivity index (χ0) is 10.7. The van der Waals surface area contributed by atoms with Crippen molar-refractivity contribution in [3.8, 4) is 0 Å². The summed E-state index contributed by atoms with van der Waals surface area (Å²) in [5.74, 6) is 0. The average molecular weight is 278 g/mol. The SMILES string of the molecule is CC(=CCl)Cn1cnc(C)c(Br)c1=O. The summed E-state index contributed by atoms with van der Waals surface area (Å²) in [6.07, 6.45) is 1.52. The molecule has 76 valence electrons. The Morgan fingerprint density at radius 3 is 3.00 bits per heavy atom. The molecular formula is C9H10BrClN2O. The lowest BCUT2D eigenvalue weighted by Crippen LogP contribution is -2.22. The second kappa shape index (κ2) is 4.75. The highest BCUT2D eigenvalue weighted by molar-refractivity contribution is 9.10. The van der Waals surface area contributed by atoms with Crippen molar-refractivity contribution in [3.05, 3.63) is 38.0 Å². The Morgan fingerprint density at radius 2 is 2.43 bits per heavy atom. The monoisotopic (exact) mass is 276 g/mol. The molecule has 0 bridgehead atoms. The molecule has 0 spiro atoms. The third kappa shape index (κ3) is 2.45. The van der Waals surface area contributed by atoms with Gasteiger partial charge in [0, 0.05) is 12.1 Å². The molecule has 0 aliphatic rings. The van der Waals surface area contributed by atoms with Crippen LogP contribution in [0.5, 0.6) is 0 Å². The summed E-state index contributed by atoms with van der Waals surface area (Å²) in [4.78, 5) is 15.7. The van der Waals surface area contributed by atoms with Crippen LogP contribution >= 0.6 is 27.5 Å². The molecule has 0 amide bonds. The molecule has 0 saturated carbocycles. The van der Waals surface area contributed by atoms with Gasteiger partial charge < -0.3 is 0 Å². The first-order valence-electron chi connectivity index (χ1n) is 4.03. The predicted octanol–water partition coefficient (Wildman–Crippen LogP) is 2.46. The molecule has 0 aliphatic heterocycles. The van der Waals surface area contributed by atoms with E-state index in [4.69, 9.17) is 11.6 Å². The lowest BCUT2D eigenvalue weighted by Gasteiger charge is -2.06. The minimum atomic E-state index is -0.0876. The highest BCUT2D eigenvalue weighted by Crippen LogP contribution is 2.07. The zero-order valence-electron chi connectivity index (χ0n) is 7.92. The molecule has 0 aliphatic carbocycles. The van der Waals surface area contributed by atoms with Crippen molar-refractivity contribution in [1.82, 2.24) is 9.55 Å². The van der Waals surface area contributed by atoms with E-state index in [0.29, 0.717) is 16.7 Å². The summed E-state index contributed by atoms with van der Waals surface area (Å²) in [5.41, 5.74) is 2.97. The molecule has 0 N–H and O–H groups in total. The Labute approximate surface area is 95.5 Å². The van der Waals surface area contributed by atoms with Crippen molar-refractivity contribution in [2.45, 2.75) is 20.4 Å². The summed E-state index contributed by atoms with van der Waals surface area (Å²) in [6.45, 7) is 4.10. The van der Waals surface area contributed by atoms with Gasteiger partial charge in [-0.1, -0.05) is 11.6 Å². The standard InChI is InChI=1S/C9H10BrClN2O/c1-6(3-11)4-13-5-12-7(2)8(10)9(13)14/h3,5H,4H2,1-2H3. The van der Waals surface area contributed by atoms with Crippen molar-refractivity contribution in [1.29, 1.82) is 0 Å². The Balaban J connectivity index is 3.13. The van der Waals surface area contributed by atoms with Gasteiger partial charge in [-0.05, 0) is 35.4 Å². The van der Waals surface area contributed by atoms with Crippen molar-refractivity contribution in [2.75, 3.05) is 0 Å². The Hall–Kier alpha value is -0.610. The highest BCUT2D eigenvalue weighted by Gasteiger charge is 2.04. The number of aryl methyl sites for hydroxylation is 1. The molecule has 0 radical (unpaired) electrons. The van der Waals surface area contributed by atoms with E-state index in [1.165, 1.54) is 16.4 Å². The second-order valence-corrected chi connectivity index (χ2v) is 4.04. The van der Waals surface area contributed by atoms with E-state index in [9.17, 15) is 4.79 Å². The first kappa shape index (κ1) is 11.5. The number of nitrogens with zero attached hydrogens (tertiary/aromatic N) is 2. The van der Waals surface area contributed by atoms with Crippen LogP contribution in [-0.2, 0) is 6.54 Å². The lowest BCUT2D eigenvalue weighted by atomic mass is 10.3. The molecule has 1 aromatic rings. The van der Waals surface area contributed by atoms with E-state index >= 15 is 0 Å². The van der Waals surface area contributed by atoms with Gasteiger partial charge in [0.05, 0.1) is 12.0 Å². The lowest BCUT2D eigenvalue weighted by molar-refractivity contribution is 0.715. The molecule has 0 atom stereocenters. The van der Waals surface area contributed by atoms with Crippen LogP contribution in [0.2, 0.25) is 0 Å². The maximum absolute atomic E-state index is 11.6. The summed E-state index contributed by atoms with van der Waals surface area (Å²) in [6, 6.07) is 0. The molecule has 0 aromatic carbocycles. The summed E-state index contributed by atoms with van der Waals surface area (Å²) < 4.78 is 2.01. The maximum atomic E-state index is 11.6. The molecule has 1 rings (SSSR count). The Morgan fingerprint density at radius 1 is 1.79 bits per heavy atom. The number of hydrogen-bond acceptors (Lipinski definition) is 2. The molecule has 0 unspecified atom stereocenters. The van der Waals surface area contributed by atoms with Crippen molar-refractivity contribution in [3.63, 3.8) is 0 Å². The van der Waals surface area contributed by atoms with Crippen LogP contribution in [0.15, 0.2) is 26.7 Å². The summed E-state index contributed by atoms with van der Waals surface area (Å²) in [5, 5.41) is 0. The van der Waals surface area contributed by atoms with Gasteiger partial charge in [-0.3, -0.25) is 9.36 Å². The fourth-order valence-electron chi connectivity index (χ4n) is 0.962. The number of allylic oxidation sites excluding steroid dienone is 1. The second-order valence-electron chi connectivity index (χ2n) is 3.03. The summed E-state index contributed by atoms with van der Waals surface area (Å²) >= 11 is 8.71. The molecular weight excluding hydrogens is 267 g/mol. The third-order valence-corrected chi connectivity index (χ3v) is 3.05. The van der Waals surface area contributed by atoms with E-state index in [1.807, 2.05) is 6.92 Å². The fraction of sp³-hybridized carbons (Fsp3) is 0.333. The minimum Gasteiger partial charge on any atom is -0.294 e. The molecule has 14 heavy (non-hydrogen) atoms. The largest absolute Gasteiger partial charge is 0.294 e. The van der Waals surface area contributed by atoms with Crippen LogP contribution < -0.4 is 5.56 Å². The number of halogens is 2. The van der Waals surface area contributed by atoms with E-state index in [2.05, 4.69) is 20.9 Å². The van der Waals surface area contributed by atoms with Crippen LogP contribution in [0, 0.1) is 6.92 Å². The quantitative estimate of drug-likeness (QED) is 0.832. The van der Waals surface area contributed by atoms with E-state index in [1.54, 1.807) is 6.92 Å². The van der Waals surface area contributed by atoms with Gasteiger partial charge in [-0.2, -0.15) is 0 Å². The normalized spacial score (nSPS) is 11.9. The predicted molar refractivity (Wildman–Crippen MR) is 60.5 cm³/mol. The van der Waals surface area contributed by atoms with E-state index in [0.717, 1.165) is 5.57 Å². The summed E-state index contributed by atoms with van der Waals surface area (Å²) in [7, 11) is 0.